The Kier molecular flexibility index (Phi) is 4.63. The molecule has 1 aromatic heterocycles. The van der Waals surface area contributed by atoms with Crippen molar-refractivity contribution in [3.63, 3.8) is 0 Å². The molecule has 1 atom stereocenters. The van der Waals surface area contributed by atoms with Gasteiger partial charge >= 0.3 is 0 Å². The number of halogens is 1. The highest BCUT2D eigenvalue weighted by atomic mass is 19.1. The van der Waals surface area contributed by atoms with Crippen molar-refractivity contribution in [3.8, 4) is 0 Å². The highest BCUT2D eigenvalue weighted by Crippen LogP contribution is 2.17. The van der Waals surface area contributed by atoms with Crippen LogP contribution in [0.15, 0.2) is 30.5 Å². The number of aromatic nitrogens is 3. The van der Waals surface area contributed by atoms with E-state index < -0.39 is 0 Å². The molecule has 0 bridgehead atoms. The minimum atomic E-state index is -0.205. The summed E-state index contributed by atoms with van der Waals surface area (Å²) in [6.07, 6.45) is 3.63. The number of aryl methyl sites for hydroxylation is 1. The SMILES string of the molecule is CCCNC(Cc1ccc(F)cc1)c1cnnn1C. The van der Waals surface area contributed by atoms with E-state index in [-0.39, 0.29) is 11.9 Å². The summed E-state index contributed by atoms with van der Waals surface area (Å²) in [5.41, 5.74) is 2.13. The fourth-order valence-corrected chi connectivity index (χ4v) is 2.07. The van der Waals surface area contributed by atoms with Gasteiger partial charge in [-0.3, -0.25) is 4.68 Å². The molecule has 0 fully saturated rings. The Labute approximate surface area is 112 Å². The van der Waals surface area contributed by atoms with Gasteiger partial charge in [-0.1, -0.05) is 24.3 Å². The highest BCUT2D eigenvalue weighted by Gasteiger charge is 2.15. The van der Waals surface area contributed by atoms with Gasteiger partial charge in [0.05, 0.1) is 17.9 Å². The molecule has 1 heterocycles. The highest BCUT2D eigenvalue weighted by molar-refractivity contribution is 5.19. The molecule has 4 nitrogen and oxygen atoms in total. The molecule has 0 radical (unpaired) electrons. The van der Waals surface area contributed by atoms with Gasteiger partial charge in [0, 0.05) is 7.05 Å². The number of hydrogen-bond donors (Lipinski definition) is 1. The van der Waals surface area contributed by atoms with Gasteiger partial charge in [-0.05, 0) is 37.1 Å². The topological polar surface area (TPSA) is 42.7 Å². The standard InChI is InChI=1S/C14H19FN4/c1-3-8-16-13(14-10-17-18-19(14)2)9-11-4-6-12(15)7-5-11/h4-7,10,13,16H,3,8-9H2,1-2H3. The fourth-order valence-electron chi connectivity index (χ4n) is 2.07. The minimum absolute atomic E-state index is 0.144. The predicted molar refractivity (Wildman–Crippen MR) is 72.1 cm³/mol. The van der Waals surface area contributed by atoms with E-state index in [4.69, 9.17) is 0 Å². The van der Waals surface area contributed by atoms with E-state index in [1.165, 1.54) is 12.1 Å². The Morgan fingerprint density at radius 3 is 2.63 bits per heavy atom. The van der Waals surface area contributed by atoms with Crippen LogP contribution in [0.5, 0.6) is 0 Å². The monoisotopic (exact) mass is 262 g/mol. The Bertz CT molecular complexity index is 506. The van der Waals surface area contributed by atoms with Crippen LogP contribution in [0.2, 0.25) is 0 Å². The molecule has 1 aromatic carbocycles. The van der Waals surface area contributed by atoms with Crippen LogP contribution in [0.4, 0.5) is 4.39 Å². The molecule has 0 spiro atoms. The van der Waals surface area contributed by atoms with Gasteiger partial charge in [0.2, 0.25) is 0 Å². The van der Waals surface area contributed by atoms with E-state index in [9.17, 15) is 4.39 Å². The molecule has 102 valence electrons. The quantitative estimate of drug-likeness (QED) is 0.868. The maximum atomic E-state index is 12.9. The summed E-state index contributed by atoms with van der Waals surface area (Å²) in [6, 6.07) is 6.77. The Morgan fingerprint density at radius 2 is 2.05 bits per heavy atom. The molecule has 0 saturated carbocycles. The van der Waals surface area contributed by atoms with Crippen LogP contribution >= 0.6 is 0 Å². The summed E-state index contributed by atoms with van der Waals surface area (Å²) in [5.74, 6) is -0.205. The van der Waals surface area contributed by atoms with E-state index in [1.54, 1.807) is 10.9 Å². The van der Waals surface area contributed by atoms with E-state index in [1.807, 2.05) is 19.2 Å². The summed E-state index contributed by atoms with van der Waals surface area (Å²) < 4.78 is 14.7. The molecule has 0 aliphatic carbocycles. The lowest BCUT2D eigenvalue weighted by atomic mass is 10.0. The zero-order valence-electron chi connectivity index (χ0n) is 11.3. The van der Waals surface area contributed by atoms with E-state index in [0.717, 1.165) is 30.6 Å². The van der Waals surface area contributed by atoms with Gasteiger partial charge in [-0.15, -0.1) is 5.10 Å². The summed E-state index contributed by atoms with van der Waals surface area (Å²) in [4.78, 5) is 0. The number of benzene rings is 1. The molecule has 1 N–H and O–H groups in total. The number of hydrogen-bond acceptors (Lipinski definition) is 3. The maximum Gasteiger partial charge on any atom is 0.123 e. The molecule has 19 heavy (non-hydrogen) atoms. The summed E-state index contributed by atoms with van der Waals surface area (Å²) in [5, 5.41) is 11.4. The zero-order valence-corrected chi connectivity index (χ0v) is 11.3. The third-order valence-corrected chi connectivity index (χ3v) is 3.10. The van der Waals surface area contributed by atoms with Gasteiger partial charge in [0.15, 0.2) is 0 Å². The first-order chi connectivity index (χ1) is 9.20. The van der Waals surface area contributed by atoms with Crippen molar-refractivity contribution >= 4 is 0 Å². The van der Waals surface area contributed by atoms with Gasteiger partial charge in [-0.25, -0.2) is 4.39 Å². The largest absolute Gasteiger partial charge is 0.308 e. The molecule has 2 rings (SSSR count). The smallest absolute Gasteiger partial charge is 0.123 e. The lowest BCUT2D eigenvalue weighted by Crippen LogP contribution is -2.26. The Morgan fingerprint density at radius 1 is 1.32 bits per heavy atom. The average Bonchev–Trinajstić information content (AvgIpc) is 2.83. The Hall–Kier alpha value is -1.75. The van der Waals surface area contributed by atoms with E-state index in [0.29, 0.717) is 0 Å². The van der Waals surface area contributed by atoms with Crippen LogP contribution in [0.3, 0.4) is 0 Å². The molecule has 0 saturated heterocycles. The van der Waals surface area contributed by atoms with E-state index >= 15 is 0 Å². The molecule has 2 aromatic rings. The molecule has 0 amide bonds. The van der Waals surface area contributed by atoms with Crippen molar-refractivity contribution < 1.29 is 4.39 Å². The van der Waals surface area contributed by atoms with Crippen LogP contribution in [0.25, 0.3) is 0 Å². The molecule has 0 aliphatic rings. The van der Waals surface area contributed by atoms with Crippen LogP contribution in [-0.4, -0.2) is 21.5 Å². The maximum absolute atomic E-state index is 12.9. The fraction of sp³-hybridized carbons (Fsp3) is 0.429. The first-order valence-electron chi connectivity index (χ1n) is 6.53. The lowest BCUT2D eigenvalue weighted by molar-refractivity contribution is 0.492. The molecule has 1 unspecified atom stereocenters. The van der Waals surface area contributed by atoms with E-state index in [2.05, 4.69) is 22.6 Å². The zero-order chi connectivity index (χ0) is 13.7. The third kappa shape index (κ3) is 3.61. The van der Waals surface area contributed by atoms with Crippen molar-refractivity contribution in [1.29, 1.82) is 0 Å². The first kappa shape index (κ1) is 13.7. The third-order valence-electron chi connectivity index (χ3n) is 3.10. The second kappa shape index (κ2) is 6.43. The second-order valence-corrected chi connectivity index (χ2v) is 4.62. The van der Waals surface area contributed by atoms with Gasteiger partial charge < -0.3 is 5.32 Å². The summed E-state index contributed by atoms with van der Waals surface area (Å²) in [6.45, 7) is 3.06. The average molecular weight is 262 g/mol. The number of nitrogens with one attached hydrogen (secondary N) is 1. The predicted octanol–water partition coefficient (Wildman–Crippen LogP) is 2.24. The van der Waals surface area contributed by atoms with Crippen LogP contribution in [0, 0.1) is 5.82 Å². The molecule has 5 heteroatoms. The van der Waals surface area contributed by atoms with Crippen LogP contribution in [0.1, 0.15) is 30.6 Å². The van der Waals surface area contributed by atoms with Gasteiger partial charge in [-0.2, -0.15) is 0 Å². The summed E-state index contributed by atoms with van der Waals surface area (Å²) in [7, 11) is 1.88. The molecule has 0 aliphatic heterocycles. The van der Waals surface area contributed by atoms with Crippen molar-refractivity contribution in [3.05, 3.63) is 47.5 Å². The lowest BCUT2D eigenvalue weighted by Gasteiger charge is -2.18. The molecular formula is C14H19FN4. The van der Waals surface area contributed by atoms with Gasteiger partial charge in [0.1, 0.15) is 5.82 Å². The van der Waals surface area contributed by atoms with Gasteiger partial charge in [0.25, 0.3) is 0 Å². The normalized spacial score (nSPS) is 12.6. The number of rotatable bonds is 6. The summed E-state index contributed by atoms with van der Waals surface area (Å²) >= 11 is 0. The van der Waals surface area contributed by atoms with Crippen molar-refractivity contribution in [1.82, 2.24) is 20.3 Å². The van der Waals surface area contributed by atoms with Crippen molar-refractivity contribution in [2.45, 2.75) is 25.8 Å². The Balaban J connectivity index is 2.14. The van der Waals surface area contributed by atoms with Crippen molar-refractivity contribution in [2.24, 2.45) is 7.05 Å². The second-order valence-electron chi connectivity index (χ2n) is 4.62. The number of nitrogens with zero attached hydrogens (tertiary/aromatic N) is 3. The van der Waals surface area contributed by atoms with Crippen LogP contribution < -0.4 is 5.32 Å². The first-order valence-corrected chi connectivity index (χ1v) is 6.53. The minimum Gasteiger partial charge on any atom is -0.308 e. The van der Waals surface area contributed by atoms with Crippen LogP contribution in [-0.2, 0) is 13.5 Å². The van der Waals surface area contributed by atoms with Crippen molar-refractivity contribution in [2.75, 3.05) is 6.54 Å². The molecular weight excluding hydrogens is 243 g/mol.